The van der Waals surface area contributed by atoms with Crippen molar-refractivity contribution in [1.82, 2.24) is 12.9 Å². The molecule has 2 heterocycles. The van der Waals surface area contributed by atoms with Crippen LogP contribution in [0.5, 0.6) is 0 Å². The minimum absolute atomic E-state index is 0.0812. The van der Waals surface area contributed by atoms with E-state index in [-0.39, 0.29) is 15.0 Å². The molecule has 0 saturated heterocycles. The Balaban J connectivity index is 2.86. The van der Waals surface area contributed by atoms with E-state index in [1.807, 2.05) is 13.0 Å². The Morgan fingerprint density at radius 1 is 1.30 bits per heavy atom. The van der Waals surface area contributed by atoms with Crippen molar-refractivity contribution in [2.24, 2.45) is 0 Å². The number of hydrogen-bond acceptors (Lipinski definition) is 3. The van der Waals surface area contributed by atoms with E-state index in [2.05, 4.69) is 12.9 Å². The summed E-state index contributed by atoms with van der Waals surface area (Å²) in [5, 5.41) is 0. The van der Waals surface area contributed by atoms with Crippen LogP contribution in [0, 0.1) is 6.92 Å². The third-order valence-corrected chi connectivity index (χ3v) is 2.44. The molecule has 0 bridgehead atoms. The molecule has 10 heavy (non-hydrogen) atoms. The molecule has 2 aromatic heterocycles. The second-order valence-corrected chi connectivity index (χ2v) is 3.19. The van der Waals surface area contributed by atoms with Gasteiger partial charge in [-0.05, 0) is 0 Å². The van der Waals surface area contributed by atoms with Crippen molar-refractivity contribution in [3.8, 4) is 0 Å². The molecule has 0 fully saturated rings. The molecular formula is C6H5N3Se. The van der Waals surface area contributed by atoms with Gasteiger partial charge in [0.05, 0.1) is 0 Å². The number of hydrogen-bond donors (Lipinski definition) is 0. The number of aryl methyl sites for hydroxylation is 1. The third kappa shape index (κ3) is 0.856. The minimum atomic E-state index is 0.0812. The molecule has 0 radical (unpaired) electrons. The molecule has 0 aliphatic rings. The zero-order valence-electron chi connectivity index (χ0n) is 5.40. The molecule has 0 spiro atoms. The molecule has 0 aromatic carbocycles. The van der Waals surface area contributed by atoms with Crippen molar-refractivity contribution in [1.29, 1.82) is 0 Å². The van der Waals surface area contributed by atoms with E-state index in [0.717, 1.165) is 16.7 Å². The predicted molar refractivity (Wildman–Crippen MR) is 39.0 cm³/mol. The van der Waals surface area contributed by atoms with Gasteiger partial charge in [0, 0.05) is 0 Å². The predicted octanol–water partition coefficient (Wildman–Crippen LogP) is 0.390. The van der Waals surface area contributed by atoms with Crippen LogP contribution in [0.2, 0.25) is 0 Å². The topological polar surface area (TPSA) is 38.7 Å². The summed E-state index contributed by atoms with van der Waals surface area (Å²) in [6.07, 6.45) is 1.78. The molecule has 0 N–H and O–H groups in total. The maximum absolute atomic E-state index is 4.22. The van der Waals surface area contributed by atoms with Crippen LogP contribution in [0.1, 0.15) is 5.69 Å². The normalized spacial score (nSPS) is 10.5. The van der Waals surface area contributed by atoms with Gasteiger partial charge in [-0.2, -0.15) is 0 Å². The van der Waals surface area contributed by atoms with E-state index >= 15 is 0 Å². The average Bonchev–Trinajstić information content (AvgIpc) is 2.33. The molecule has 0 unspecified atom stereocenters. The SMILES string of the molecule is Cc1cc2n[se]nc2cn1. The molecule has 4 heteroatoms. The van der Waals surface area contributed by atoms with Crippen molar-refractivity contribution >= 4 is 26.0 Å². The Kier molecular flexibility index (Phi) is 1.29. The van der Waals surface area contributed by atoms with Crippen LogP contribution in [0.15, 0.2) is 12.3 Å². The molecular weight excluding hydrogens is 193 g/mol. The molecule has 3 nitrogen and oxygen atoms in total. The molecule has 0 aliphatic carbocycles. The van der Waals surface area contributed by atoms with Crippen LogP contribution >= 0.6 is 0 Å². The molecule has 2 rings (SSSR count). The van der Waals surface area contributed by atoms with E-state index in [4.69, 9.17) is 0 Å². The molecule has 50 valence electrons. The van der Waals surface area contributed by atoms with Gasteiger partial charge < -0.3 is 0 Å². The number of aromatic nitrogens is 3. The molecule has 0 saturated carbocycles. The summed E-state index contributed by atoms with van der Waals surface area (Å²) in [6, 6.07) is 1.97. The first kappa shape index (κ1) is 6.01. The van der Waals surface area contributed by atoms with E-state index in [1.165, 1.54) is 0 Å². The van der Waals surface area contributed by atoms with Gasteiger partial charge in [-0.3, -0.25) is 0 Å². The first-order valence-electron chi connectivity index (χ1n) is 2.91. The summed E-state index contributed by atoms with van der Waals surface area (Å²) in [4.78, 5) is 4.11. The van der Waals surface area contributed by atoms with Gasteiger partial charge in [0.2, 0.25) is 0 Å². The Hall–Kier alpha value is -0.731. The summed E-state index contributed by atoms with van der Waals surface area (Å²) in [5.41, 5.74) is 2.97. The van der Waals surface area contributed by atoms with Crippen molar-refractivity contribution in [2.45, 2.75) is 6.92 Å². The van der Waals surface area contributed by atoms with Gasteiger partial charge in [0.25, 0.3) is 0 Å². The standard InChI is InChI=1S/C6H5N3Se/c1-4-2-5-6(3-7-4)9-10-8-5/h2-3H,1H3. The first-order chi connectivity index (χ1) is 4.86. The van der Waals surface area contributed by atoms with E-state index in [9.17, 15) is 0 Å². The summed E-state index contributed by atoms with van der Waals surface area (Å²) in [6.45, 7) is 1.96. The van der Waals surface area contributed by atoms with Crippen molar-refractivity contribution < 1.29 is 0 Å². The summed E-state index contributed by atoms with van der Waals surface area (Å²) in [7, 11) is 0. The van der Waals surface area contributed by atoms with Crippen molar-refractivity contribution in [2.75, 3.05) is 0 Å². The van der Waals surface area contributed by atoms with Crippen LogP contribution < -0.4 is 0 Å². The summed E-state index contributed by atoms with van der Waals surface area (Å²) < 4.78 is 8.39. The van der Waals surface area contributed by atoms with Crippen LogP contribution in [0.3, 0.4) is 0 Å². The molecule has 0 aliphatic heterocycles. The Morgan fingerprint density at radius 3 is 3.00 bits per heavy atom. The van der Waals surface area contributed by atoms with Gasteiger partial charge in [0.1, 0.15) is 0 Å². The molecule has 2 aromatic rings. The third-order valence-electron chi connectivity index (χ3n) is 1.28. The van der Waals surface area contributed by atoms with Gasteiger partial charge in [-0.15, -0.1) is 0 Å². The zero-order valence-corrected chi connectivity index (χ0v) is 7.12. The van der Waals surface area contributed by atoms with Crippen molar-refractivity contribution in [3.63, 3.8) is 0 Å². The van der Waals surface area contributed by atoms with E-state index < -0.39 is 0 Å². The maximum atomic E-state index is 4.22. The van der Waals surface area contributed by atoms with Gasteiger partial charge in [-0.1, -0.05) is 0 Å². The van der Waals surface area contributed by atoms with Gasteiger partial charge >= 0.3 is 63.8 Å². The molecule has 0 amide bonds. The second kappa shape index (κ2) is 2.15. The van der Waals surface area contributed by atoms with Crippen LogP contribution in [-0.4, -0.2) is 27.9 Å². The number of fused-ring (bicyclic) bond motifs is 1. The summed E-state index contributed by atoms with van der Waals surface area (Å²) in [5.74, 6) is 0. The zero-order chi connectivity index (χ0) is 6.97. The first-order valence-corrected chi connectivity index (χ1v) is 4.44. The fourth-order valence-electron chi connectivity index (χ4n) is 0.790. The van der Waals surface area contributed by atoms with Crippen LogP contribution in [-0.2, 0) is 0 Å². The summed E-state index contributed by atoms with van der Waals surface area (Å²) >= 11 is 0.0812. The van der Waals surface area contributed by atoms with Crippen molar-refractivity contribution in [3.05, 3.63) is 18.0 Å². The molecule has 0 atom stereocenters. The van der Waals surface area contributed by atoms with Gasteiger partial charge in [-0.25, -0.2) is 0 Å². The Labute approximate surface area is 64.3 Å². The monoisotopic (exact) mass is 199 g/mol. The van der Waals surface area contributed by atoms with Gasteiger partial charge in [0.15, 0.2) is 0 Å². The Morgan fingerprint density at radius 2 is 2.10 bits per heavy atom. The fraction of sp³-hybridized carbons (Fsp3) is 0.167. The Bertz CT molecular complexity index is 355. The number of nitrogens with zero attached hydrogens (tertiary/aromatic N) is 3. The van der Waals surface area contributed by atoms with E-state index in [1.54, 1.807) is 6.20 Å². The number of rotatable bonds is 0. The van der Waals surface area contributed by atoms with Crippen LogP contribution in [0.4, 0.5) is 0 Å². The van der Waals surface area contributed by atoms with Crippen LogP contribution in [0.25, 0.3) is 11.0 Å². The second-order valence-electron chi connectivity index (χ2n) is 2.08. The fourth-order valence-corrected chi connectivity index (χ4v) is 1.85. The number of pyridine rings is 1. The average molecular weight is 198 g/mol. The quantitative estimate of drug-likeness (QED) is 0.575. The van der Waals surface area contributed by atoms with E-state index in [0.29, 0.717) is 0 Å².